The van der Waals surface area contributed by atoms with Crippen molar-refractivity contribution < 1.29 is 0 Å². The topological polar surface area (TPSA) is 102 Å². The van der Waals surface area contributed by atoms with E-state index in [-0.39, 0.29) is 11.1 Å². The molecular formula is C12H20N6O. The van der Waals surface area contributed by atoms with E-state index in [1.165, 1.54) is 0 Å². The maximum atomic E-state index is 11.9. The number of aromatic amines is 1. The number of aromatic nitrogens is 4. The molecule has 4 N–H and O–H groups in total. The zero-order chi connectivity index (χ0) is 14.0. The van der Waals surface area contributed by atoms with Crippen molar-refractivity contribution in [2.24, 2.45) is 5.73 Å². The molecule has 19 heavy (non-hydrogen) atoms. The molecule has 104 valence electrons. The molecular weight excluding hydrogens is 244 g/mol. The number of imidazole rings is 1. The summed E-state index contributed by atoms with van der Waals surface area (Å²) in [4.78, 5) is 23.2. The molecule has 0 aromatic carbocycles. The molecule has 0 spiro atoms. The van der Waals surface area contributed by atoms with Crippen LogP contribution in [-0.4, -0.2) is 32.6 Å². The van der Waals surface area contributed by atoms with Crippen molar-refractivity contribution in [2.75, 3.05) is 18.4 Å². The van der Waals surface area contributed by atoms with Gasteiger partial charge in [-0.1, -0.05) is 0 Å². The van der Waals surface area contributed by atoms with Crippen molar-refractivity contribution in [3.05, 3.63) is 16.7 Å². The first-order valence-corrected chi connectivity index (χ1v) is 6.35. The van der Waals surface area contributed by atoms with Gasteiger partial charge >= 0.3 is 0 Å². The maximum Gasteiger partial charge on any atom is 0.280 e. The summed E-state index contributed by atoms with van der Waals surface area (Å²) < 4.78 is 1.89. The Balaban J connectivity index is 2.45. The smallest absolute Gasteiger partial charge is 0.280 e. The highest BCUT2D eigenvalue weighted by atomic mass is 16.1. The Hall–Kier alpha value is -1.89. The third-order valence-electron chi connectivity index (χ3n) is 2.80. The highest BCUT2D eigenvalue weighted by Crippen LogP contribution is 2.18. The fourth-order valence-corrected chi connectivity index (χ4v) is 1.79. The molecule has 0 unspecified atom stereocenters. The first-order valence-electron chi connectivity index (χ1n) is 6.35. The monoisotopic (exact) mass is 264 g/mol. The molecule has 7 nitrogen and oxygen atoms in total. The van der Waals surface area contributed by atoms with Gasteiger partial charge in [-0.15, -0.1) is 0 Å². The van der Waals surface area contributed by atoms with Crippen LogP contribution < -0.4 is 16.6 Å². The molecule has 0 aliphatic rings. The number of fused-ring (bicyclic) bond motifs is 1. The minimum atomic E-state index is -0.233. The number of nitrogens with one attached hydrogen (secondary N) is 2. The molecule has 0 bridgehead atoms. The number of nitrogens with two attached hydrogens (primary N) is 1. The van der Waals surface area contributed by atoms with E-state index in [4.69, 9.17) is 5.73 Å². The molecule has 0 amide bonds. The maximum absolute atomic E-state index is 11.9. The van der Waals surface area contributed by atoms with E-state index in [0.717, 1.165) is 6.42 Å². The molecule has 0 radical (unpaired) electrons. The van der Waals surface area contributed by atoms with Crippen LogP contribution in [0.25, 0.3) is 11.2 Å². The van der Waals surface area contributed by atoms with E-state index >= 15 is 0 Å². The lowest BCUT2D eigenvalue weighted by molar-refractivity contribution is 0.406. The van der Waals surface area contributed by atoms with Gasteiger partial charge in [-0.05, 0) is 33.7 Å². The fourth-order valence-electron chi connectivity index (χ4n) is 1.79. The van der Waals surface area contributed by atoms with Crippen LogP contribution in [0.4, 0.5) is 5.95 Å². The summed E-state index contributed by atoms with van der Waals surface area (Å²) in [5.41, 5.74) is 5.97. The normalized spacial score (nSPS) is 12.0. The molecule has 2 heterocycles. The Morgan fingerprint density at radius 3 is 2.84 bits per heavy atom. The average molecular weight is 264 g/mol. The first kappa shape index (κ1) is 13.5. The van der Waals surface area contributed by atoms with Gasteiger partial charge in [0.25, 0.3) is 5.56 Å². The van der Waals surface area contributed by atoms with Crippen molar-refractivity contribution in [3.8, 4) is 0 Å². The first-order chi connectivity index (χ1) is 8.93. The highest BCUT2D eigenvalue weighted by Gasteiger charge is 2.19. The standard InChI is InChI=1S/C12H20N6O/c1-12(2,3)18-7-15-8-9(18)16-11(17-10(8)19)14-6-4-5-13/h7H,4-6,13H2,1-3H3,(H2,14,16,17,19). The predicted octanol–water partition coefficient (Wildman–Crippen LogP) is 0.635. The number of anilines is 1. The second-order valence-corrected chi connectivity index (χ2v) is 5.44. The molecule has 0 saturated heterocycles. The molecule has 2 aromatic rings. The van der Waals surface area contributed by atoms with Crippen LogP contribution in [0.5, 0.6) is 0 Å². The van der Waals surface area contributed by atoms with Crippen LogP contribution in [0.15, 0.2) is 11.1 Å². The van der Waals surface area contributed by atoms with Gasteiger partial charge in [-0.2, -0.15) is 4.98 Å². The van der Waals surface area contributed by atoms with E-state index in [1.807, 2.05) is 25.3 Å². The molecule has 0 aliphatic heterocycles. The molecule has 0 fully saturated rings. The van der Waals surface area contributed by atoms with Crippen LogP contribution in [0.2, 0.25) is 0 Å². The largest absolute Gasteiger partial charge is 0.356 e. The van der Waals surface area contributed by atoms with Crippen LogP contribution in [-0.2, 0) is 5.54 Å². The Bertz CT molecular complexity index is 621. The summed E-state index contributed by atoms with van der Waals surface area (Å²) in [6.07, 6.45) is 2.47. The van der Waals surface area contributed by atoms with Crippen LogP contribution >= 0.6 is 0 Å². The van der Waals surface area contributed by atoms with Crippen LogP contribution in [0, 0.1) is 0 Å². The summed E-state index contributed by atoms with van der Waals surface area (Å²) in [5.74, 6) is 0.456. The van der Waals surface area contributed by atoms with Gasteiger partial charge in [-0.25, -0.2) is 4.98 Å². The molecule has 2 rings (SSSR count). The SMILES string of the molecule is CC(C)(C)n1cnc2c(=O)[nH]c(NCCCN)nc21. The van der Waals surface area contributed by atoms with Gasteiger partial charge in [0.15, 0.2) is 11.2 Å². The zero-order valence-corrected chi connectivity index (χ0v) is 11.5. The van der Waals surface area contributed by atoms with Crippen LogP contribution in [0.3, 0.4) is 0 Å². The van der Waals surface area contributed by atoms with Crippen molar-refractivity contribution in [2.45, 2.75) is 32.7 Å². The Morgan fingerprint density at radius 1 is 1.47 bits per heavy atom. The molecule has 7 heteroatoms. The van der Waals surface area contributed by atoms with Crippen molar-refractivity contribution in [1.82, 2.24) is 19.5 Å². The second-order valence-electron chi connectivity index (χ2n) is 5.44. The number of rotatable bonds is 4. The van der Waals surface area contributed by atoms with E-state index in [0.29, 0.717) is 30.2 Å². The van der Waals surface area contributed by atoms with Gasteiger partial charge < -0.3 is 15.6 Å². The van der Waals surface area contributed by atoms with E-state index in [2.05, 4.69) is 20.3 Å². The van der Waals surface area contributed by atoms with E-state index in [1.54, 1.807) is 6.33 Å². The molecule has 2 aromatic heterocycles. The Labute approximate surface area is 111 Å². The summed E-state index contributed by atoms with van der Waals surface area (Å²) in [6.45, 7) is 7.39. The lowest BCUT2D eigenvalue weighted by atomic mass is 10.1. The molecule has 0 atom stereocenters. The fraction of sp³-hybridized carbons (Fsp3) is 0.583. The van der Waals surface area contributed by atoms with Crippen molar-refractivity contribution in [3.63, 3.8) is 0 Å². The number of hydrogen-bond donors (Lipinski definition) is 3. The van der Waals surface area contributed by atoms with Gasteiger partial charge in [0.2, 0.25) is 5.95 Å². The van der Waals surface area contributed by atoms with Crippen molar-refractivity contribution >= 4 is 17.1 Å². The highest BCUT2D eigenvalue weighted by molar-refractivity contribution is 5.71. The lowest BCUT2D eigenvalue weighted by Gasteiger charge is -2.20. The zero-order valence-electron chi connectivity index (χ0n) is 11.5. The average Bonchev–Trinajstić information content (AvgIpc) is 2.73. The summed E-state index contributed by atoms with van der Waals surface area (Å²) in [5, 5.41) is 3.06. The molecule has 0 aliphatic carbocycles. The minimum Gasteiger partial charge on any atom is -0.356 e. The van der Waals surface area contributed by atoms with E-state index in [9.17, 15) is 4.79 Å². The number of hydrogen-bond acceptors (Lipinski definition) is 5. The number of H-pyrrole nitrogens is 1. The second kappa shape index (κ2) is 5.00. The van der Waals surface area contributed by atoms with Crippen LogP contribution in [0.1, 0.15) is 27.2 Å². The third kappa shape index (κ3) is 2.76. The van der Waals surface area contributed by atoms with E-state index < -0.39 is 0 Å². The third-order valence-corrected chi connectivity index (χ3v) is 2.80. The predicted molar refractivity (Wildman–Crippen MR) is 75.3 cm³/mol. The summed E-state index contributed by atoms with van der Waals surface area (Å²) in [7, 11) is 0. The lowest BCUT2D eigenvalue weighted by Crippen LogP contribution is -2.22. The van der Waals surface area contributed by atoms with Gasteiger partial charge in [0, 0.05) is 12.1 Å². The Morgan fingerprint density at radius 2 is 2.21 bits per heavy atom. The van der Waals surface area contributed by atoms with Gasteiger partial charge in [0.05, 0.1) is 6.33 Å². The Kier molecular flexibility index (Phi) is 3.57. The molecule has 0 saturated carbocycles. The quantitative estimate of drug-likeness (QED) is 0.703. The summed E-state index contributed by atoms with van der Waals surface area (Å²) >= 11 is 0. The minimum absolute atomic E-state index is 0.177. The number of nitrogens with zero attached hydrogens (tertiary/aromatic N) is 3. The van der Waals surface area contributed by atoms with Gasteiger partial charge in [0.1, 0.15) is 0 Å². The van der Waals surface area contributed by atoms with Gasteiger partial charge in [-0.3, -0.25) is 9.78 Å². The summed E-state index contributed by atoms with van der Waals surface area (Å²) in [6, 6.07) is 0. The van der Waals surface area contributed by atoms with Crippen molar-refractivity contribution in [1.29, 1.82) is 0 Å².